The summed E-state index contributed by atoms with van der Waals surface area (Å²) in [6, 6.07) is 0. The molecule has 2 atom stereocenters. The van der Waals surface area contributed by atoms with Gasteiger partial charge in [0.2, 0.25) is 6.43 Å². The van der Waals surface area contributed by atoms with E-state index in [0.29, 0.717) is 6.42 Å². The highest BCUT2D eigenvalue weighted by atomic mass is 32.2. The SMILES string of the molecule is CC1(C)C(C(CN)C(F)F)CCS1(=O)=O. The molecule has 1 rings (SSSR count). The molecular formula is C9H17F2NO2S. The number of sulfone groups is 1. The highest BCUT2D eigenvalue weighted by Gasteiger charge is 2.51. The van der Waals surface area contributed by atoms with E-state index < -0.39 is 32.8 Å². The van der Waals surface area contributed by atoms with Crippen molar-refractivity contribution in [3.05, 3.63) is 0 Å². The first-order valence-electron chi connectivity index (χ1n) is 4.94. The normalized spacial score (nSPS) is 30.7. The Balaban J connectivity index is 2.99. The predicted molar refractivity (Wildman–Crippen MR) is 54.5 cm³/mol. The van der Waals surface area contributed by atoms with Crippen molar-refractivity contribution in [1.29, 1.82) is 0 Å². The Bertz CT molecular complexity index is 327. The number of hydrogen-bond acceptors (Lipinski definition) is 3. The number of alkyl halides is 2. The summed E-state index contributed by atoms with van der Waals surface area (Å²) in [6.07, 6.45) is -2.26. The first kappa shape index (κ1) is 12.8. The number of hydrogen-bond donors (Lipinski definition) is 1. The van der Waals surface area contributed by atoms with E-state index in [1.807, 2.05) is 0 Å². The third-order valence-corrected chi connectivity index (χ3v) is 6.18. The van der Waals surface area contributed by atoms with Gasteiger partial charge in [-0.1, -0.05) is 0 Å². The van der Waals surface area contributed by atoms with Gasteiger partial charge < -0.3 is 5.73 Å². The molecule has 0 aromatic carbocycles. The number of rotatable bonds is 3. The maximum atomic E-state index is 12.7. The van der Waals surface area contributed by atoms with E-state index in [-0.39, 0.29) is 12.3 Å². The molecule has 15 heavy (non-hydrogen) atoms. The molecule has 1 aliphatic rings. The van der Waals surface area contributed by atoms with Gasteiger partial charge in [-0.2, -0.15) is 0 Å². The minimum Gasteiger partial charge on any atom is -0.330 e. The van der Waals surface area contributed by atoms with E-state index in [9.17, 15) is 17.2 Å². The Labute approximate surface area is 88.9 Å². The van der Waals surface area contributed by atoms with E-state index in [0.717, 1.165) is 0 Å². The van der Waals surface area contributed by atoms with Crippen LogP contribution in [-0.4, -0.2) is 31.9 Å². The molecule has 1 aliphatic heterocycles. The lowest BCUT2D eigenvalue weighted by molar-refractivity contribution is 0.0401. The summed E-state index contributed by atoms with van der Waals surface area (Å²) in [5.41, 5.74) is 5.29. The molecule has 0 aliphatic carbocycles. The summed E-state index contributed by atoms with van der Waals surface area (Å²) in [6.45, 7) is 2.87. The summed E-state index contributed by atoms with van der Waals surface area (Å²) >= 11 is 0. The van der Waals surface area contributed by atoms with Crippen molar-refractivity contribution < 1.29 is 17.2 Å². The zero-order chi connectivity index (χ0) is 11.9. The average Bonchev–Trinajstić information content (AvgIpc) is 2.28. The second kappa shape index (κ2) is 3.97. The maximum Gasteiger partial charge on any atom is 0.242 e. The summed E-state index contributed by atoms with van der Waals surface area (Å²) in [4.78, 5) is 0. The highest BCUT2D eigenvalue weighted by Crippen LogP contribution is 2.43. The lowest BCUT2D eigenvalue weighted by Gasteiger charge is -2.31. The van der Waals surface area contributed by atoms with E-state index >= 15 is 0 Å². The van der Waals surface area contributed by atoms with Gasteiger partial charge in [-0.3, -0.25) is 0 Å². The second-order valence-corrected chi connectivity index (χ2v) is 7.24. The largest absolute Gasteiger partial charge is 0.330 e. The predicted octanol–water partition coefficient (Wildman–Crippen LogP) is 1.04. The lowest BCUT2D eigenvalue weighted by atomic mass is 9.81. The van der Waals surface area contributed by atoms with Crippen molar-refractivity contribution in [2.75, 3.05) is 12.3 Å². The minimum atomic E-state index is -3.25. The molecule has 0 spiro atoms. The van der Waals surface area contributed by atoms with Crippen LogP contribution >= 0.6 is 0 Å². The molecule has 90 valence electrons. The zero-order valence-electron chi connectivity index (χ0n) is 8.91. The topological polar surface area (TPSA) is 60.2 Å². The van der Waals surface area contributed by atoms with Gasteiger partial charge in [-0.15, -0.1) is 0 Å². The van der Waals surface area contributed by atoms with Crippen molar-refractivity contribution in [2.45, 2.75) is 31.4 Å². The van der Waals surface area contributed by atoms with Crippen LogP contribution in [0.2, 0.25) is 0 Å². The monoisotopic (exact) mass is 241 g/mol. The van der Waals surface area contributed by atoms with Crippen molar-refractivity contribution in [3.63, 3.8) is 0 Å². The molecule has 1 fully saturated rings. The molecule has 3 nitrogen and oxygen atoms in total. The summed E-state index contributed by atoms with van der Waals surface area (Å²) in [7, 11) is -3.25. The van der Waals surface area contributed by atoms with E-state index in [1.54, 1.807) is 0 Å². The van der Waals surface area contributed by atoms with Crippen molar-refractivity contribution in [1.82, 2.24) is 0 Å². The van der Waals surface area contributed by atoms with Crippen LogP contribution in [0.5, 0.6) is 0 Å². The summed E-state index contributed by atoms with van der Waals surface area (Å²) in [5.74, 6) is -1.56. The minimum absolute atomic E-state index is 0.00606. The van der Waals surface area contributed by atoms with Crippen LogP contribution in [0.15, 0.2) is 0 Å². The van der Waals surface area contributed by atoms with Crippen LogP contribution in [0, 0.1) is 11.8 Å². The third-order valence-electron chi connectivity index (χ3n) is 3.50. The van der Waals surface area contributed by atoms with Crippen LogP contribution in [-0.2, 0) is 9.84 Å². The molecule has 0 radical (unpaired) electrons. The summed E-state index contributed by atoms with van der Waals surface area (Å²) < 4.78 is 47.6. The molecule has 2 unspecified atom stereocenters. The van der Waals surface area contributed by atoms with E-state index in [4.69, 9.17) is 5.73 Å². The van der Waals surface area contributed by atoms with Crippen LogP contribution < -0.4 is 5.73 Å². The molecule has 2 N–H and O–H groups in total. The molecule has 0 aromatic rings. The Morgan fingerprint density at radius 2 is 2.00 bits per heavy atom. The molecule has 0 saturated carbocycles. The molecular weight excluding hydrogens is 224 g/mol. The molecule has 1 heterocycles. The molecule has 1 saturated heterocycles. The third kappa shape index (κ3) is 2.01. The smallest absolute Gasteiger partial charge is 0.242 e. The Hall–Kier alpha value is -0.230. The molecule has 0 aromatic heterocycles. The van der Waals surface area contributed by atoms with Crippen molar-refractivity contribution >= 4 is 9.84 Å². The van der Waals surface area contributed by atoms with Crippen LogP contribution in [0.1, 0.15) is 20.3 Å². The van der Waals surface area contributed by atoms with Gasteiger partial charge in [0.05, 0.1) is 10.5 Å². The molecule has 6 heteroatoms. The van der Waals surface area contributed by atoms with Crippen molar-refractivity contribution in [3.8, 4) is 0 Å². The van der Waals surface area contributed by atoms with Crippen LogP contribution in [0.4, 0.5) is 8.78 Å². The quantitative estimate of drug-likeness (QED) is 0.803. The lowest BCUT2D eigenvalue weighted by Crippen LogP contribution is -2.42. The van der Waals surface area contributed by atoms with Crippen LogP contribution in [0.25, 0.3) is 0 Å². The Morgan fingerprint density at radius 3 is 2.27 bits per heavy atom. The highest BCUT2D eigenvalue weighted by molar-refractivity contribution is 7.93. The fourth-order valence-corrected chi connectivity index (χ4v) is 4.14. The first-order valence-corrected chi connectivity index (χ1v) is 6.59. The fraction of sp³-hybridized carbons (Fsp3) is 1.00. The zero-order valence-corrected chi connectivity index (χ0v) is 9.73. The average molecular weight is 241 g/mol. The fourth-order valence-electron chi connectivity index (χ4n) is 2.30. The molecule has 0 amide bonds. The van der Waals surface area contributed by atoms with Gasteiger partial charge in [-0.05, 0) is 26.2 Å². The standard InChI is InChI=1S/C9H17F2NO2S/c1-9(2)7(3-4-15(9,13)14)6(5-12)8(10)11/h6-8H,3-5,12H2,1-2H3. The van der Waals surface area contributed by atoms with E-state index in [2.05, 4.69) is 0 Å². The van der Waals surface area contributed by atoms with Crippen molar-refractivity contribution in [2.24, 2.45) is 17.6 Å². The summed E-state index contributed by atoms with van der Waals surface area (Å²) in [5, 5.41) is 0. The Kier molecular flexibility index (Phi) is 3.40. The number of nitrogens with two attached hydrogens (primary N) is 1. The van der Waals surface area contributed by atoms with Gasteiger partial charge in [0.25, 0.3) is 0 Å². The second-order valence-electron chi connectivity index (χ2n) is 4.55. The first-order chi connectivity index (χ1) is 6.74. The number of halogens is 2. The van der Waals surface area contributed by atoms with Crippen LogP contribution in [0.3, 0.4) is 0 Å². The maximum absolute atomic E-state index is 12.7. The van der Waals surface area contributed by atoms with Gasteiger partial charge >= 0.3 is 0 Å². The van der Waals surface area contributed by atoms with Gasteiger partial charge in [0.1, 0.15) is 0 Å². The molecule has 0 bridgehead atoms. The van der Waals surface area contributed by atoms with E-state index in [1.165, 1.54) is 13.8 Å². The Morgan fingerprint density at radius 1 is 1.47 bits per heavy atom. The van der Waals surface area contributed by atoms with Gasteiger partial charge in [0.15, 0.2) is 9.84 Å². The van der Waals surface area contributed by atoms with Gasteiger partial charge in [-0.25, -0.2) is 17.2 Å². The van der Waals surface area contributed by atoms with Gasteiger partial charge in [0, 0.05) is 12.5 Å².